The number of nitrogens with zero attached hydrogens (tertiary/aromatic N) is 8. The number of hydrogen-bond acceptors (Lipinski definition) is 17. The molecule has 0 unspecified atom stereocenters. The number of aliphatic hydroxyl groups excluding tert-OH is 1. The number of aromatic nitrogens is 3. The van der Waals surface area contributed by atoms with Gasteiger partial charge in [0.2, 0.25) is 34.4 Å². The molecule has 0 aliphatic carbocycles. The Bertz CT molecular complexity index is 3690. The minimum Gasteiger partial charge on any atom is -0.481 e. The highest BCUT2D eigenvalue weighted by molar-refractivity contribution is 7.73. The van der Waals surface area contributed by atoms with E-state index in [4.69, 9.17) is 9.84 Å². The Kier molecular flexibility index (Phi) is 20.4. The molecule has 7 heterocycles. The van der Waals surface area contributed by atoms with Crippen LogP contribution < -0.4 is 19.9 Å². The van der Waals surface area contributed by atoms with Crippen molar-refractivity contribution >= 4 is 80.1 Å². The van der Waals surface area contributed by atoms with Crippen molar-refractivity contribution in [3.63, 3.8) is 0 Å². The summed E-state index contributed by atoms with van der Waals surface area (Å²) < 4.78 is 76.1. The van der Waals surface area contributed by atoms with Crippen LogP contribution in [0.25, 0.3) is 32.6 Å². The molecule has 3 aromatic carbocycles. The van der Waals surface area contributed by atoms with Gasteiger partial charge in [0.25, 0.3) is 0 Å². The van der Waals surface area contributed by atoms with Gasteiger partial charge in [-0.25, -0.2) is 36.6 Å². The molecule has 3 amide bonds. The zero-order chi connectivity index (χ0) is 64.1. The predicted molar refractivity (Wildman–Crippen MR) is 332 cm³/mol. The third kappa shape index (κ3) is 15.1. The van der Waals surface area contributed by atoms with Gasteiger partial charge in [0.15, 0.2) is 5.82 Å². The Labute approximate surface area is 524 Å². The molecule has 4 aliphatic heterocycles. The molecule has 0 saturated carbocycles. The molecule has 4 saturated heterocycles. The number of aromatic amines is 1. The van der Waals surface area contributed by atoms with Crippen molar-refractivity contribution in [2.75, 3.05) is 87.9 Å². The van der Waals surface area contributed by atoms with E-state index in [-0.39, 0.29) is 63.5 Å². The number of piperidine rings is 1. The smallest absolute Gasteiger partial charge is 0.306 e. The number of aliphatic hydroxyl groups is 1. The van der Waals surface area contributed by atoms with Gasteiger partial charge in [0.05, 0.1) is 59.7 Å². The molecule has 4 aliphatic rings. The lowest BCUT2D eigenvalue weighted by Gasteiger charge is -2.40. The van der Waals surface area contributed by atoms with E-state index in [1.165, 1.54) is 22.4 Å². The van der Waals surface area contributed by atoms with Crippen molar-refractivity contribution in [3.05, 3.63) is 119 Å². The van der Waals surface area contributed by atoms with Crippen LogP contribution in [0.2, 0.25) is 0 Å². The summed E-state index contributed by atoms with van der Waals surface area (Å²) in [6.45, 7) is 12.2. The highest BCUT2D eigenvalue weighted by Gasteiger charge is 2.45. The summed E-state index contributed by atoms with van der Waals surface area (Å²) in [6.07, 6.45) is 1.49. The first kappa shape index (κ1) is 65.1. The number of alkyl halides is 1. The lowest BCUT2D eigenvalue weighted by Crippen LogP contribution is -2.59. The number of benzene rings is 3. The molecule has 0 radical (unpaired) electrons. The number of thiazole rings is 1. The number of amides is 3. The molecular weight excluding hydrogens is 1210 g/mol. The van der Waals surface area contributed by atoms with Crippen LogP contribution in [-0.4, -0.2) is 192 Å². The average Bonchev–Trinajstić information content (AvgIpc) is 1.44. The van der Waals surface area contributed by atoms with Crippen molar-refractivity contribution < 1.29 is 65.3 Å². The number of hydrazine groups is 1. The van der Waals surface area contributed by atoms with E-state index in [9.17, 15) is 46.7 Å². The highest BCUT2D eigenvalue weighted by atomic mass is 32.2. The summed E-state index contributed by atoms with van der Waals surface area (Å²) in [5.74, 6) is -6.57. The maximum Gasteiger partial charge on any atom is 0.306 e. The zero-order valence-corrected chi connectivity index (χ0v) is 52.1. The summed E-state index contributed by atoms with van der Waals surface area (Å²) in [5, 5.41) is 27.3. The summed E-state index contributed by atoms with van der Waals surface area (Å²) in [6, 6.07) is 15.5. The van der Waals surface area contributed by atoms with Crippen molar-refractivity contribution in [1.29, 1.82) is 0 Å². The molecule has 480 valence electrons. The number of esters is 1. The Morgan fingerprint density at radius 3 is 2.21 bits per heavy atom. The molecule has 4 fully saturated rings. The SMILES string of the molecule is Cc1ncsc1-c1ccc([C@H](COC(=O)CCC(=O)O)NC(=O)[C@@H]2C[C@@H](O)CN2C(=O)[C@@H](NC(=O)CN2CCC(CN3CCN(c4ccc(-c5cnc6[nH]cc(C(=O)c7c(F)ccc(N(N8CC[C@@H](F)C8)[SH](=O)=O)c7F)c6c5)cc4)CC3)CC2)C(C)(C)C)cc1. The number of carboxylic acid groups (broad SMARTS) is 1. The molecule has 90 heavy (non-hydrogen) atoms. The number of hydrogen-bond donors (Lipinski definition) is 6. The number of rotatable bonds is 22. The number of carbonyl (C=O) groups excluding carboxylic acids is 5. The number of carbonyl (C=O) groups is 6. The average molecular weight is 1280 g/mol. The number of H-pyrrole nitrogens is 1. The number of fused-ring (bicyclic) bond motifs is 1. The van der Waals surface area contributed by atoms with E-state index in [1.54, 1.807) is 29.9 Å². The Morgan fingerprint density at radius 2 is 1.57 bits per heavy atom. The van der Waals surface area contributed by atoms with Gasteiger partial charge in [-0.1, -0.05) is 57.2 Å². The molecule has 5 atom stereocenters. The monoisotopic (exact) mass is 1280 g/mol. The number of nitrogens with one attached hydrogen (secondary N) is 3. The van der Waals surface area contributed by atoms with Crippen LogP contribution in [0.15, 0.2) is 84.6 Å². The number of β-amino-alcohol motifs (C(OH)–C–C–N with tert-alkyl or cyclic N) is 1. The standard InChI is InChI=1S/C63H74F3N11O11S2/c1-37-58(89-36-69-37)41-7-5-40(6-8-41)49(35-88-54(82)16-15-53(80)81)70-61(84)51-28-45(78)33-76(51)62(85)59(63(2,3)4)71-52(79)34-72-20-17-38(18-21-72)31-73-23-25-74(26-24-73)44-11-9-39(10-12-44)42-27-46-47(30-68-60(46)67-29-42)57(83)55-48(65)13-14-50(56(55)66)77(90(86)87)75-22-19-43(64)32-75/h5-14,27,29-30,36,38,43,45,49,51,59,78,90H,15-26,28,31-35H2,1-4H3,(H,67,68)(H,70,84)(H,71,79)(H,80,81)/t43-,45-,49+,51+,59-/m1/s1. The lowest BCUT2D eigenvalue weighted by atomic mass is 9.85. The predicted octanol–water partition coefficient (Wildman–Crippen LogP) is 6.05. The van der Waals surface area contributed by atoms with Crippen molar-refractivity contribution in [1.82, 2.24) is 45.3 Å². The number of pyridine rings is 1. The summed E-state index contributed by atoms with van der Waals surface area (Å²) in [4.78, 5) is 101. The van der Waals surface area contributed by atoms with Crippen LogP contribution in [0.3, 0.4) is 0 Å². The van der Waals surface area contributed by atoms with Gasteiger partial charge in [-0.15, -0.1) is 11.3 Å². The van der Waals surface area contributed by atoms with E-state index in [1.807, 2.05) is 64.1 Å². The van der Waals surface area contributed by atoms with Crippen LogP contribution in [0.4, 0.5) is 24.5 Å². The molecule has 27 heteroatoms. The minimum atomic E-state index is -3.51. The van der Waals surface area contributed by atoms with E-state index >= 15 is 8.78 Å². The zero-order valence-electron chi connectivity index (χ0n) is 50.4. The number of piperazine rings is 1. The quantitative estimate of drug-likeness (QED) is 0.0256. The van der Waals surface area contributed by atoms with Crippen LogP contribution >= 0.6 is 11.3 Å². The van der Waals surface area contributed by atoms with E-state index in [0.717, 1.165) is 90.1 Å². The van der Waals surface area contributed by atoms with E-state index in [2.05, 4.69) is 40.3 Å². The first-order valence-electron chi connectivity index (χ1n) is 30.1. The number of aliphatic carboxylic acids is 1. The number of likely N-dealkylation sites (tertiary alicyclic amines) is 2. The van der Waals surface area contributed by atoms with E-state index in [0.29, 0.717) is 45.6 Å². The second-order valence-corrected chi connectivity index (χ2v) is 26.3. The number of ether oxygens (including phenoxy) is 1. The van der Waals surface area contributed by atoms with Gasteiger partial charge in [-0.05, 0) is 97.6 Å². The fourth-order valence-electron chi connectivity index (χ4n) is 12.3. The Morgan fingerprint density at radius 1 is 0.856 bits per heavy atom. The summed E-state index contributed by atoms with van der Waals surface area (Å²) in [7, 11) is -3.51. The van der Waals surface area contributed by atoms with Crippen LogP contribution in [0.1, 0.15) is 92.5 Å². The van der Waals surface area contributed by atoms with Gasteiger partial charge < -0.3 is 40.4 Å². The minimum absolute atomic E-state index is 0.0158. The summed E-state index contributed by atoms with van der Waals surface area (Å²) >= 11 is 1.48. The van der Waals surface area contributed by atoms with Crippen molar-refractivity contribution in [3.8, 4) is 21.6 Å². The van der Waals surface area contributed by atoms with E-state index < -0.39 is 106 Å². The van der Waals surface area contributed by atoms with Gasteiger partial charge in [-0.2, -0.15) is 4.41 Å². The molecule has 6 aromatic rings. The van der Waals surface area contributed by atoms with Gasteiger partial charge in [-0.3, -0.25) is 38.6 Å². The lowest BCUT2D eigenvalue weighted by molar-refractivity contribution is -0.149. The molecule has 5 N–H and O–H groups in total. The summed E-state index contributed by atoms with van der Waals surface area (Å²) in [5.41, 5.74) is 4.40. The number of ketones is 1. The van der Waals surface area contributed by atoms with Gasteiger partial charge in [0.1, 0.15) is 42.0 Å². The number of aryl methyl sites for hydroxylation is 1. The van der Waals surface area contributed by atoms with Crippen LogP contribution in [0, 0.1) is 29.9 Å². The fourth-order valence-corrected chi connectivity index (χ4v) is 13.8. The maximum atomic E-state index is 16.1. The third-order valence-corrected chi connectivity index (χ3v) is 19.0. The van der Waals surface area contributed by atoms with Gasteiger partial charge in [0, 0.05) is 86.8 Å². The second-order valence-electron chi connectivity index (χ2n) is 24.6. The third-order valence-electron chi connectivity index (χ3n) is 17.2. The molecule has 10 rings (SSSR count). The largest absolute Gasteiger partial charge is 0.481 e. The van der Waals surface area contributed by atoms with Crippen LogP contribution in [-0.2, 0) is 39.6 Å². The molecule has 22 nitrogen and oxygen atoms in total. The van der Waals surface area contributed by atoms with Crippen molar-refractivity contribution in [2.45, 2.75) is 96.6 Å². The highest BCUT2D eigenvalue weighted by Crippen LogP contribution is 2.35. The number of carboxylic acids is 1. The number of thiol groups is 1. The molecular formula is C63H74F3N11O11S2. The van der Waals surface area contributed by atoms with Crippen LogP contribution in [0.5, 0.6) is 0 Å². The first-order valence-corrected chi connectivity index (χ1v) is 32.1. The topological polar surface area (TPSA) is 271 Å². The number of halogens is 3. The second kappa shape index (κ2) is 28.1. The fraction of sp³-hybridized carbons (Fsp3) is 0.460. The number of anilines is 2. The van der Waals surface area contributed by atoms with Crippen molar-refractivity contribution in [2.24, 2.45) is 11.3 Å². The molecule has 3 aromatic heterocycles. The molecule has 0 spiro atoms. The Balaban J connectivity index is 0.699. The maximum absolute atomic E-state index is 16.1. The normalized spacial score (nSPS) is 19.5. The molecule has 0 bridgehead atoms. The first-order chi connectivity index (χ1) is 43.0. The van der Waals surface area contributed by atoms with Gasteiger partial charge >= 0.3 is 11.9 Å². The Hall–Kier alpha value is -7.82.